The molecule has 40 heavy (non-hydrogen) atoms. The van der Waals surface area contributed by atoms with E-state index < -0.39 is 11.7 Å². The third-order valence-corrected chi connectivity index (χ3v) is 9.34. The van der Waals surface area contributed by atoms with Gasteiger partial charge in [-0.05, 0) is 77.1 Å². The number of alkyl halides is 3. The highest BCUT2D eigenvalue weighted by atomic mass is 19.4. The summed E-state index contributed by atoms with van der Waals surface area (Å²) in [6, 6.07) is 4.44. The summed E-state index contributed by atoms with van der Waals surface area (Å²) in [5.74, 6) is 0.00766. The highest BCUT2D eigenvalue weighted by Gasteiger charge is 2.44. The smallest absolute Gasteiger partial charge is 0.374 e. The molecule has 3 atom stereocenters. The molecule has 1 amide bonds. The SMILES string of the molecule is CCOC1C[C@H](N2CCN(C3(C)CCN(C(=O)c4c(C)ncnc4C)CC3)CC2C)c2ccc(C(F)(F)F)cc21. The summed E-state index contributed by atoms with van der Waals surface area (Å²) < 4.78 is 46.3. The molecule has 2 saturated heterocycles. The summed E-state index contributed by atoms with van der Waals surface area (Å²) in [6.07, 6.45) is -0.752. The van der Waals surface area contributed by atoms with Gasteiger partial charge in [-0.15, -0.1) is 0 Å². The molecule has 218 valence electrons. The molecule has 2 fully saturated rings. The van der Waals surface area contributed by atoms with Crippen molar-refractivity contribution in [3.05, 3.63) is 58.2 Å². The molecule has 0 saturated carbocycles. The van der Waals surface area contributed by atoms with Crippen LogP contribution in [0.15, 0.2) is 24.5 Å². The van der Waals surface area contributed by atoms with Gasteiger partial charge in [0.05, 0.1) is 28.6 Å². The van der Waals surface area contributed by atoms with Crippen LogP contribution in [0, 0.1) is 13.8 Å². The molecule has 1 aromatic carbocycles. The third-order valence-electron chi connectivity index (χ3n) is 9.34. The van der Waals surface area contributed by atoms with E-state index in [2.05, 4.69) is 33.6 Å². The Balaban J connectivity index is 1.25. The molecule has 2 aromatic rings. The molecule has 10 heteroatoms. The lowest BCUT2D eigenvalue weighted by Crippen LogP contribution is -2.62. The van der Waals surface area contributed by atoms with Crippen molar-refractivity contribution in [1.29, 1.82) is 0 Å². The summed E-state index contributed by atoms with van der Waals surface area (Å²) >= 11 is 0. The number of fused-ring (bicyclic) bond motifs is 1. The maximum atomic E-state index is 13.4. The van der Waals surface area contributed by atoms with Gasteiger partial charge >= 0.3 is 6.18 Å². The van der Waals surface area contributed by atoms with Crippen LogP contribution >= 0.6 is 0 Å². The molecular formula is C30H40F3N5O2. The molecule has 3 aliphatic rings. The Hall–Kier alpha value is -2.56. The first kappa shape index (κ1) is 29.0. The van der Waals surface area contributed by atoms with Crippen LogP contribution in [-0.4, -0.2) is 81.5 Å². The Kier molecular flexibility index (Phi) is 7.98. The number of halogens is 3. The van der Waals surface area contributed by atoms with Crippen LogP contribution in [0.2, 0.25) is 0 Å². The van der Waals surface area contributed by atoms with Gasteiger partial charge in [0.25, 0.3) is 5.91 Å². The maximum Gasteiger partial charge on any atom is 0.416 e. The molecule has 7 nitrogen and oxygen atoms in total. The molecular weight excluding hydrogens is 519 g/mol. The second kappa shape index (κ2) is 11.0. The van der Waals surface area contributed by atoms with Gasteiger partial charge in [-0.25, -0.2) is 9.97 Å². The monoisotopic (exact) mass is 559 g/mol. The number of hydrogen-bond acceptors (Lipinski definition) is 6. The second-order valence-electron chi connectivity index (χ2n) is 11.8. The van der Waals surface area contributed by atoms with E-state index in [1.807, 2.05) is 25.7 Å². The number of carbonyl (C=O) groups is 1. The summed E-state index contributed by atoms with van der Waals surface area (Å²) in [5.41, 5.74) is 3.04. The highest BCUT2D eigenvalue weighted by molar-refractivity contribution is 5.96. The molecule has 0 spiro atoms. The largest absolute Gasteiger partial charge is 0.416 e. The number of hydrogen-bond donors (Lipinski definition) is 0. The molecule has 1 aromatic heterocycles. The van der Waals surface area contributed by atoms with E-state index in [1.165, 1.54) is 18.5 Å². The molecule has 2 aliphatic heterocycles. The van der Waals surface area contributed by atoms with Gasteiger partial charge < -0.3 is 9.64 Å². The number of carbonyl (C=O) groups excluding carboxylic acids is 1. The lowest BCUT2D eigenvalue weighted by Gasteiger charge is -2.52. The minimum atomic E-state index is -4.37. The van der Waals surface area contributed by atoms with E-state index in [-0.39, 0.29) is 29.6 Å². The lowest BCUT2D eigenvalue weighted by atomic mass is 9.86. The molecule has 1 aliphatic carbocycles. The zero-order valence-electron chi connectivity index (χ0n) is 24.1. The van der Waals surface area contributed by atoms with E-state index in [0.29, 0.717) is 48.6 Å². The van der Waals surface area contributed by atoms with Crippen molar-refractivity contribution in [2.24, 2.45) is 0 Å². The number of rotatable bonds is 5. The number of piperidine rings is 1. The minimum Gasteiger partial charge on any atom is -0.374 e. The Morgan fingerprint density at radius 3 is 2.35 bits per heavy atom. The average Bonchev–Trinajstić information content (AvgIpc) is 3.26. The fourth-order valence-electron chi connectivity index (χ4n) is 6.96. The van der Waals surface area contributed by atoms with Crippen LogP contribution < -0.4 is 0 Å². The van der Waals surface area contributed by atoms with Crippen molar-refractivity contribution >= 4 is 5.91 Å². The van der Waals surface area contributed by atoms with Crippen molar-refractivity contribution in [3.8, 4) is 0 Å². The van der Waals surface area contributed by atoms with Crippen LogP contribution in [0.5, 0.6) is 0 Å². The highest BCUT2D eigenvalue weighted by Crippen LogP contribution is 2.47. The van der Waals surface area contributed by atoms with Crippen molar-refractivity contribution < 1.29 is 22.7 Å². The van der Waals surface area contributed by atoms with E-state index in [4.69, 9.17) is 4.74 Å². The van der Waals surface area contributed by atoms with Gasteiger partial charge in [-0.2, -0.15) is 13.2 Å². The van der Waals surface area contributed by atoms with Crippen LogP contribution in [0.25, 0.3) is 0 Å². The Labute approximate surface area is 234 Å². The van der Waals surface area contributed by atoms with Gasteiger partial charge in [0.2, 0.25) is 0 Å². The quantitative estimate of drug-likeness (QED) is 0.493. The van der Waals surface area contributed by atoms with Gasteiger partial charge in [-0.1, -0.05) is 6.07 Å². The molecule has 0 N–H and O–H groups in total. The molecule has 2 unspecified atom stereocenters. The van der Waals surface area contributed by atoms with Crippen molar-refractivity contribution in [3.63, 3.8) is 0 Å². The zero-order chi connectivity index (χ0) is 28.8. The van der Waals surface area contributed by atoms with Crippen LogP contribution in [0.3, 0.4) is 0 Å². The number of aryl methyl sites for hydroxylation is 2. The molecule has 0 bridgehead atoms. The maximum absolute atomic E-state index is 13.4. The number of amides is 1. The fourth-order valence-corrected chi connectivity index (χ4v) is 6.96. The van der Waals surface area contributed by atoms with E-state index in [0.717, 1.165) is 38.0 Å². The van der Waals surface area contributed by atoms with Gasteiger partial charge in [0, 0.05) is 57.0 Å². The zero-order valence-corrected chi connectivity index (χ0v) is 24.1. The van der Waals surface area contributed by atoms with Crippen molar-refractivity contribution in [2.75, 3.05) is 39.3 Å². The molecule has 3 heterocycles. The van der Waals surface area contributed by atoms with E-state index >= 15 is 0 Å². The topological polar surface area (TPSA) is 61.8 Å². The van der Waals surface area contributed by atoms with Gasteiger partial charge in [0.1, 0.15) is 6.33 Å². The Morgan fingerprint density at radius 1 is 1.07 bits per heavy atom. The van der Waals surface area contributed by atoms with Crippen LogP contribution in [-0.2, 0) is 10.9 Å². The van der Waals surface area contributed by atoms with E-state index in [9.17, 15) is 18.0 Å². The number of likely N-dealkylation sites (tertiary alicyclic amines) is 1. The summed E-state index contributed by atoms with van der Waals surface area (Å²) in [5, 5.41) is 0. The predicted octanol–water partition coefficient (Wildman–Crippen LogP) is 5.34. The molecule has 0 radical (unpaired) electrons. The number of aromatic nitrogens is 2. The number of benzene rings is 1. The number of nitrogens with zero attached hydrogens (tertiary/aromatic N) is 5. The van der Waals surface area contributed by atoms with E-state index in [1.54, 1.807) is 6.07 Å². The average molecular weight is 560 g/mol. The predicted molar refractivity (Wildman–Crippen MR) is 146 cm³/mol. The Morgan fingerprint density at radius 2 is 1.75 bits per heavy atom. The first-order valence-corrected chi connectivity index (χ1v) is 14.3. The van der Waals surface area contributed by atoms with Crippen molar-refractivity contribution in [1.82, 2.24) is 24.7 Å². The summed E-state index contributed by atoms with van der Waals surface area (Å²) in [4.78, 5) is 28.6. The van der Waals surface area contributed by atoms with Crippen molar-refractivity contribution in [2.45, 2.75) is 83.8 Å². The number of piperazine rings is 1. The van der Waals surface area contributed by atoms with Crippen LogP contribution in [0.1, 0.15) is 90.6 Å². The third kappa shape index (κ3) is 5.37. The first-order chi connectivity index (χ1) is 18.9. The first-order valence-electron chi connectivity index (χ1n) is 14.3. The second-order valence-corrected chi connectivity index (χ2v) is 11.8. The summed E-state index contributed by atoms with van der Waals surface area (Å²) in [6.45, 7) is 14.5. The lowest BCUT2D eigenvalue weighted by molar-refractivity contribution is -0.137. The Bertz CT molecular complexity index is 1220. The van der Waals surface area contributed by atoms with Gasteiger partial charge in [0.15, 0.2) is 0 Å². The molecule has 5 rings (SSSR count). The van der Waals surface area contributed by atoms with Gasteiger partial charge in [-0.3, -0.25) is 14.6 Å². The van der Waals surface area contributed by atoms with Crippen LogP contribution in [0.4, 0.5) is 13.2 Å². The normalized spacial score (nSPS) is 25.7. The fraction of sp³-hybridized carbons (Fsp3) is 0.633. The standard InChI is InChI=1S/C30H40F3N5O2/c1-6-40-26-16-25(23-8-7-22(15-24(23)26)30(31,32)33)38-14-13-37(17-19(38)2)29(5)9-11-36(12-10-29)28(39)27-20(3)34-18-35-21(27)4/h7-8,15,18-19,25-26H,6,9-14,16-17H2,1-5H3/t19?,25-,26?/m0/s1. The minimum absolute atomic E-state index is 0.00766. The number of ether oxygens (including phenoxy) is 1. The summed E-state index contributed by atoms with van der Waals surface area (Å²) in [7, 11) is 0.